The minimum atomic E-state index is -2.50. The molecule has 1 spiro atoms. The second-order valence-corrected chi connectivity index (χ2v) is 16.2. The lowest BCUT2D eigenvalue weighted by Crippen LogP contribution is -2.76. The molecule has 0 amide bonds. The smallest absolute Gasteiger partial charge is 0.344 e. The van der Waals surface area contributed by atoms with Gasteiger partial charge < -0.3 is 43.0 Å². The summed E-state index contributed by atoms with van der Waals surface area (Å²) in [5, 5.41) is 11.6. The maximum atomic E-state index is 13.6. The summed E-state index contributed by atoms with van der Waals surface area (Å²) in [7, 11) is 0. The van der Waals surface area contributed by atoms with E-state index >= 15 is 0 Å². The second-order valence-electron chi connectivity index (χ2n) is 15.7. The quantitative estimate of drug-likeness (QED) is 0.138. The number of rotatable bonds is 11. The number of alkyl halides is 1. The van der Waals surface area contributed by atoms with Crippen molar-refractivity contribution < 1.29 is 76.6 Å². The Labute approximate surface area is 324 Å². The molecule has 16 nitrogen and oxygen atoms in total. The molecule has 0 unspecified atom stereocenters. The number of halogens is 1. The van der Waals surface area contributed by atoms with E-state index in [0.717, 1.165) is 20.8 Å². The highest BCUT2D eigenvalue weighted by atomic mass is 35.5. The molecule has 1 N–H and O–H groups in total. The first-order chi connectivity index (χ1) is 25.5. The molecule has 1 saturated carbocycles. The number of ether oxygens (including phenoxy) is 8. The molecule has 306 valence electrons. The fourth-order valence-electron chi connectivity index (χ4n) is 8.04. The van der Waals surface area contributed by atoms with E-state index in [1.807, 2.05) is 0 Å². The van der Waals surface area contributed by atoms with Crippen LogP contribution in [0.3, 0.4) is 0 Å². The first-order valence-electron chi connectivity index (χ1n) is 18.1. The van der Waals surface area contributed by atoms with E-state index in [9.17, 15) is 38.7 Å². The van der Waals surface area contributed by atoms with Crippen molar-refractivity contribution in [1.82, 2.24) is 0 Å². The minimum absolute atomic E-state index is 0.00545. The number of carbonyl (C=O) groups is 7. The Hall–Kier alpha value is -4.02. The Morgan fingerprint density at radius 3 is 1.95 bits per heavy atom. The molecule has 0 aromatic rings. The van der Waals surface area contributed by atoms with Crippen LogP contribution in [0.2, 0.25) is 0 Å². The lowest BCUT2D eigenvalue weighted by molar-refractivity contribution is -0.281. The molecule has 3 fully saturated rings. The molecule has 0 radical (unpaired) electrons. The molecular formula is C38H51ClO16. The van der Waals surface area contributed by atoms with Gasteiger partial charge in [-0.25, -0.2) is 4.79 Å². The molecule has 0 bridgehead atoms. The molecular weight excluding hydrogens is 748 g/mol. The van der Waals surface area contributed by atoms with Crippen molar-refractivity contribution in [2.45, 2.75) is 128 Å². The van der Waals surface area contributed by atoms with Crippen molar-refractivity contribution in [2.24, 2.45) is 29.1 Å². The van der Waals surface area contributed by atoms with E-state index in [1.165, 1.54) is 26.0 Å². The summed E-state index contributed by atoms with van der Waals surface area (Å²) >= 11 is 6.87. The van der Waals surface area contributed by atoms with Crippen LogP contribution < -0.4 is 0 Å². The number of allylic oxidation sites excluding steroid dienone is 1. The van der Waals surface area contributed by atoms with Crippen LogP contribution in [0, 0.1) is 29.1 Å². The van der Waals surface area contributed by atoms with E-state index in [2.05, 4.69) is 6.58 Å². The van der Waals surface area contributed by atoms with Crippen LogP contribution in [-0.4, -0.2) is 113 Å². The Balaban J connectivity index is 2.09. The Morgan fingerprint density at radius 1 is 0.873 bits per heavy atom. The number of aliphatic hydroxyl groups is 1. The predicted octanol–water partition coefficient (Wildman–Crippen LogP) is 2.67. The van der Waals surface area contributed by atoms with Gasteiger partial charge in [0.2, 0.25) is 0 Å². The zero-order valence-corrected chi connectivity index (χ0v) is 33.2. The van der Waals surface area contributed by atoms with Gasteiger partial charge in [-0.15, -0.1) is 11.6 Å². The molecule has 2 aliphatic heterocycles. The van der Waals surface area contributed by atoms with Crippen LogP contribution in [0.4, 0.5) is 0 Å². The van der Waals surface area contributed by atoms with Gasteiger partial charge in [0, 0.05) is 39.5 Å². The first kappa shape index (κ1) is 43.7. The van der Waals surface area contributed by atoms with Gasteiger partial charge in [0.1, 0.15) is 17.8 Å². The van der Waals surface area contributed by atoms with E-state index in [-0.39, 0.29) is 36.9 Å². The van der Waals surface area contributed by atoms with Crippen LogP contribution in [-0.2, 0) is 71.5 Å². The number of hydrogen-bond donors (Lipinski definition) is 1. The molecule has 4 rings (SSSR count). The molecule has 17 heteroatoms. The molecule has 2 heterocycles. The monoisotopic (exact) mass is 798 g/mol. The maximum Gasteiger partial charge on any atom is 0.344 e. The lowest BCUT2D eigenvalue weighted by atomic mass is 9.51. The van der Waals surface area contributed by atoms with E-state index in [1.54, 1.807) is 27.7 Å². The molecule has 0 aromatic carbocycles. The third-order valence-corrected chi connectivity index (χ3v) is 11.0. The highest BCUT2D eigenvalue weighted by molar-refractivity contribution is 6.23. The number of hydrogen-bond acceptors (Lipinski definition) is 16. The lowest BCUT2D eigenvalue weighted by Gasteiger charge is -2.59. The summed E-state index contributed by atoms with van der Waals surface area (Å²) in [5.74, 6) is -9.46. The van der Waals surface area contributed by atoms with E-state index in [0.29, 0.717) is 0 Å². The third-order valence-electron chi connectivity index (χ3n) is 10.5. The molecule has 0 aromatic heterocycles. The number of epoxide rings is 1. The number of fused-ring (bicyclic) bond motifs is 3. The molecule has 2 aliphatic carbocycles. The number of carbonyl (C=O) groups excluding carboxylic acids is 7. The van der Waals surface area contributed by atoms with Crippen LogP contribution in [0.25, 0.3) is 0 Å². The fraction of sp³-hybridized carbons (Fsp3) is 0.711. The van der Waals surface area contributed by atoms with Crippen molar-refractivity contribution >= 4 is 53.4 Å². The second kappa shape index (κ2) is 16.6. The fourth-order valence-corrected chi connectivity index (χ4v) is 8.37. The molecule has 4 aliphatic rings. The van der Waals surface area contributed by atoms with Crippen molar-refractivity contribution in [3.8, 4) is 0 Å². The zero-order valence-electron chi connectivity index (χ0n) is 32.5. The predicted molar refractivity (Wildman–Crippen MR) is 188 cm³/mol. The van der Waals surface area contributed by atoms with Gasteiger partial charge >= 0.3 is 41.8 Å². The largest absolute Gasteiger partial charge is 0.459 e. The zero-order chi connectivity index (χ0) is 41.4. The topological polar surface area (TPSA) is 217 Å². The first-order valence-corrected chi connectivity index (χ1v) is 18.6. The van der Waals surface area contributed by atoms with Crippen molar-refractivity contribution in [3.05, 3.63) is 24.3 Å². The van der Waals surface area contributed by atoms with Crippen LogP contribution in [0.15, 0.2) is 24.3 Å². The normalized spacial score (nSPS) is 37.1. The van der Waals surface area contributed by atoms with Crippen molar-refractivity contribution in [3.63, 3.8) is 0 Å². The summed E-state index contributed by atoms with van der Waals surface area (Å²) in [6.07, 6.45) is -7.53. The van der Waals surface area contributed by atoms with Gasteiger partial charge in [0.15, 0.2) is 36.6 Å². The average Bonchev–Trinajstić information content (AvgIpc) is 3.81. The van der Waals surface area contributed by atoms with Crippen LogP contribution in [0.1, 0.15) is 75.2 Å². The van der Waals surface area contributed by atoms with Gasteiger partial charge in [-0.1, -0.05) is 47.3 Å². The Bertz CT molecular complexity index is 1600. The summed E-state index contributed by atoms with van der Waals surface area (Å²) < 4.78 is 46.9. The van der Waals surface area contributed by atoms with Crippen LogP contribution in [0.5, 0.6) is 0 Å². The summed E-state index contributed by atoms with van der Waals surface area (Å²) in [6.45, 7) is 15.9. The standard InChI is InChI=1S/C38H51ClO16/c1-17(2)13-25(43)48-15-27(45)53-24-12-11-19(5)28(39)31-38(47,20(6)35(46)55-31)34(52-23(9)42)30-36(24,10)32(51-22(8)41)29(50-21(7)40)33(37(30)16-49-37)54-26(44)14-18(3)4/h11-12,17-18,20,24,28-34,47H,5,13-16H2,1-4,6-10H3/b12-11-/t20-,24-,28-,29+,30+,31-,32-,33+,34-,36+,37-,38-/m0/s1. The SMILES string of the molecule is C=C1/C=C\[C@H](OC(=O)COC(=O)CC(C)C)[C@@]2(C)[C@@H](OC(C)=O)[C@@H](OC(C)=O)[C@@H](OC(=O)CC(C)C)[C@]3(CO3)[C@@H]2[C@H](OC(C)=O)[C@]2(O)[C@@H](C)C(=O)O[C@H]2[C@H]1Cl. The van der Waals surface area contributed by atoms with E-state index < -0.39 is 119 Å². The summed E-state index contributed by atoms with van der Waals surface area (Å²) in [6, 6.07) is 0. The molecule has 55 heavy (non-hydrogen) atoms. The van der Waals surface area contributed by atoms with Crippen LogP contribution >= 0.6 is 11.6 Å². The average molecular weight is 799 g/mol. The Morgan fingerprint density at radius 2 is 1.42 bits per heavy atom. The minimum Gasteiger partial charge on any atom is -0.459 e. The Kier molecular flexibility index (Phi) is 13.2. The number of esters is 7. The maximum absolute atomic E-state index is 13.6. The van der Waals surface area contributed by atoms with Gasteiger partial charge in [0.25, 0.3) is 0 Å². The van der Waals surface area contributed by atoms with Gasteiger partial charge in [0.05, 0.1) is 23.3 Å². The van der Waals surface area contributed by atoms with E-state index in [4.69, 9.17) is 49.5 Å². The highest BCUT2D eigenvalue weighted by Gasteiger charge is 2.81. The summed E-state index contributed by atoms with van der Waals surface area (Å²) in [5.41, 5.74) is -6.29. The molecule has 12 atom stereocenters. The van der Waals surface area contributed by atoms with Gasteiger partial charge in [-0.3, -0.25) is 28.8 Å². The third kappa shape index (κ3) is 8.70. The van der Waals surface area contributed by atoms with Gasteiger partial charge in [-0.05, 0) is 30.4 Å². The van der Waals surface area contributed by atoms with Crippen molar-refractivity contribution in [1.29, 1.82) is 0 Å². The van der Waals surface area contributed by atoms with Crippen molar-refractivity contribution in [2.75, 3.05) is 13.2 Å². The molecule has 2 saturated heterocycles. The highest BCUT2D eigenvalue weighted by Crippen LogP contribution is 2.63. The summed E-state index contributed by atoms with van der Waals surface area (Å²) in [4.78, 5) is 91.9. The van der Waals surface area contributed by atoms with Gasteiger partial charge in [-0.2, -0.15) is 0 Å².